The molecule has 1 rings (SSSR count). The van der Waals surface area contributed by atoms with Gasteiger partial charge < -0.3 is 9.73 Å². The number of rotatable bonds is 6. The van der Waals surface area contributed by atoms with Crippen LogP contribution in [0.15, 0.2) is 22.8 Å². The van der Waals surface area contributed by atoms with Crippen molar-refractivity contribution < 1.29 is 9.21 Å². The molecule has 86 valence electrons. The van der Waals surface area contributed by atoms with E-state index >= 15 is 0 Å². The average molecular weight is 220 g/mol. The maximum atomic E-state index is 11.5. The van der Waals surface area contributed by atoms with E-state index in [4.69, 9.17) is 9.68 Å². The van der Waals surface area contributed by atoms with Gasteiger partial charge in [0, 0.05) is 12.8 Å². The minimum Gasteiger partial charge on any atom is -0.469 e. The minimum absolute atomic E-state index is 0.101. The van der Waals surface area contributed by atoms with E-state index in [2.05, 4.69) is 11.4 Å². The normalized spacial score (nSPS) is 11.8. The summed E-state index contributed by atoms with van der Waals surface area (Å²) in [6.07, 6.45) is 4.10. The molecule has 0 radical (unpaired) electrons. The number of nitrogens with zero attached hydrogens (tertiary/aromatic N) is 1. The second kappa shape index (κ2) is 6.67. The van der Waals surface area contributed by atoms with Gasteiger partial charge in [-0.1, -0.05) is 13.3 Å². The highest BCUT2D eigenvalue weighted by atomic mass is 16.3. The van der Waals surface area contributed by atoms with Crippen molar-refractivity contribution in [1.29, 1.82) is 5.26 Å². The first-order valence-corrected chi connectivity index (χ1v) is 5.47. The highest BCUT2D eigenvalue weighted by Crippen LogP contribution is 2.04. The zero-order valence-electron chi connectivity index (χ0n) is 9.40. The molecule has 0 aliphatic rings. The van der Waals surface area contributed by atoms with Crippen LogP contribution in [-0.4, -0.2) is 11.9 Å². The Morgan fingerprint density at radius 2 is 2.50 bits per heavy atom. The number of nitriles is 1. The second-order valence-electron chi connectivity index (χ2n) is 3.62. The van der Waals surface area contributed by atoms with Crippen LogP contribution in [0.2, 0.25) is 0 Å². The lowest BCUT2D eigenvalue weighted by molar-refractivity contribution is -0.121. The average Bonchev–Trinajstić information content (AvgIpc) is 2.78. The molecular formula is C12H16N2O2. The van der Waals surface area contributed by atoms with Crippen LogP contribution in [0.5, 0.6) is 0 Å². The van der Waals surface area contributed by atoms with Gasteiger partial charge in [-0.05, 0) is 18.6 Å². The zero-order chi connectivity index (χ0) is 11.8. The van der Waals surface area contributed by atoms with Gasteiger partial charge in [-0.25, -0.2) is 0 Å². The van der Waals surface area contributed by atoms with Crippen molar-refractivity contribution in [2.24, 2.45) is 0 Å². The summed E-state index contributed by atoms with van der Waals surface area (Å²) in [6, 6.07) is 5.33. The quantitative estimate of drug-likeness (QED) is 0.797. The van der Waals surface area contributed by atoms with E-state index in [1.165, 1.54) is 0 Å². The predicted molar refractivity (Wildman–Crippen MR) is 59.5 cm³/mol. The summed E-state index contributed by atoms with van der Waals surface area (Å²) in [4.78, 5) is 11.5. The standard InChI is InChI=1S/C12H16N2O2/c1-2-4-10(9-13)14-12(15)7-6-11-5-3-8-16-11/h3,5,8,10H,2,4,6-7H2,1H3,(H,14,15). The van der Waals surface area contributed by atoms with Gasteiger partial charge in [-0.15, -0.1) is 0 Å². The molecule has 16 heavy (non-hydrogen) atoms. The van der Waals surface area contributed by atoms with E-state index in [0.29, 0.717) is 19.3 Å². The number of furan rings is 1. The fourth-order valence-corrected chi connectivity index (χ4v) is 1.42. The van der Waals surface area contributed by atoms with Gasteiger partial charge in [-0.3, -0.25) is 4.79 Å². The third-order valence-corrected chi connectivity index (χ3v) is 2.25. The van der Waals surface area contributed by atoms with Crippen LogP contribution in [0.4, 0.5) is 0 Å². The highest BCUT2D eigenvalue weighted by molar-refractivity contribution is 5.76. The molecule has 4 nitrogen and oxygen atoms in total. The highest BCUT2D eigenvalue weighted by Gasteiger charge is 2.10. The van der Waals surface area contributed by atoms with Crippen molar-refractivity contribution in [3.63, 3.8) is 0 Å². The molecule has 0 spiro atoms. The van der Waals surface area contributed by atoms with E-state index in [-0.39, 0.29) is 11.9 Å². The van der Waals surface area contributed by atoms with Gasteiger partial charge >= 0.3 is 0 Å². The summed E-state index contributed by atoms with van der Waals surface area (Å²) < 4.78 is 5.12. The van der Waals surface area contributed by atoms with Gasteiger partial charge in [0.25, 0.3) is 0 Å². The summed E-state index contributed by atoms with van der Waals surface area (Å²) in [5.74, 6) is 0.690. The third kappa shape index (κ3) is 4.18. The third-order valence-electron chi connectivity index (χ3n) is 2.25. The largest absolute Gasteiger partial charge is 0.469 e. The number of hydrogen-bond acceptors (Lipinski definition) is 3. The molecule has 1 atom stereocenters. The van der Waals surface area contributed by atoms with Crippen LogP contribution in [0.25, 0.3) is 0 Å². The monoisotopic (exact) mass is 220 g/mol. The lowest BCUT2D eigenvalue weighted by Gasteiger charge is -2.09. The summed E-state index contributed by atoms with van der Waals surface area (Å²) in [6.45, 7) is 1.99. The Morgan fingerprint density at radius 3 is 3.06 bits per heavy atom. The Labute approximate surface area is 95.2 Å². The predicted octanol–water partition coefficient (Wildman–Crippen LogP) is 2.02. The molecule has 0 aromatic carbocycles. The molecule has 0 saturated carbocycles. The number of nitrogens with one attached hydrogen (secondary N) is 1. The molecule has 0 bridgehead atoms. The Kier molecular flexibility index (Phi) is 5.13. The lowest BCUT2D eigenvalue weighted by atomic mass is 10.1. The van der Waals surface area contributed by atoms with Crippen molar-refractivity contribution in [1.82, 2.24) is 5.32 Å². The summed E-state index contributed by atoms with van der Waals surface area (Å²) in [5, 5.41) is 11.5. The van der Waals surface area contributed by atoms with Crippen LogP contribution in [0.3, 0.4) is 0 Å². The molecular weight excluding hydrogens is 204 g/mol. The maximum absolute atomic E-state index is 11.5. The van der Waals surface area contributed by atoms with E-state index in [1.807, 2.05) is 13.0 Å². The molecule has 0 aliphatic carbocycles. The molecule has 1 N–H and O–H groups in total. The lowest BCUT2D eigenvalue weighted by Crippen LogP contribution is -2.33. The Balaban J connectivity index is 2.27. The zero-order valence-corrected chi connectivity index (χ0v) is 9.40. The molecule has 1 aromatic heterocycles. The Morgan fingerprint density at radius 1 is 1.69 bits per heavy atom. The van der Waals surface area contributed by atoms with Crippen LogP contribution in [-0.2, 0) is 11.2 Å². The number of aryl methyl sites for hydroxylation is 1. The summed E-state index contributed by atoms with van der Waals surface area (Å²) in [5.41, 5.74) is 0. The Bertz CT molecular complexity index is 352. The topological polar surface area (TPSA) is 66.0 Å². The van der Waals surface area contributed by atoms with Gasteiger partial charge in [0.05, 0.1) is 12.3 Å². The maximum Gasteiger partial charge on any atom is 0.221 e. The fourth-order valence-electron chi connectivity index (χ4n) is 1.42. The van der Waals surface area contributed by atoms with E-state index in [9.17, 15) is 4.79 Å². The summed E-state index contributed by atoms with van der Waals surface area (Å²) in [7, 11) is 0. The molecule has 1 amide bonds. The fraction of sp³-hybridized carbons (Fsp3) is 0.500. The van der Waals surface area contributed by atoms with Crippen molar-refractivity contribution in [2.45, 2.75) is 38.6 Å². The number of hydrogen-bond donors (Lipinski definition) is 1. The van der Waals surface area contributed by atoms with Crippen molar-refractivity contribution in [3.05, 3.63) is 24.2 Å². The molecule has 1 aromatic rings. The van der Waals surface area contributed by atoms with Crippen LogP contribution < -0.4 is 5.32 Å². The minimum atomic E-state index is -0.367. The van der Waals surface area contributed by atoms with Crippen molar-refractivity contribution >= 4 is 5.91 Å². The van der Waals surface area contributed by atoms with Crippen LogP contribution in [0, 0.1) is 11.3 Å². The first-order chi connectivity index (χ1) is 7.76. The second-order valence-corrected chi connectivity index (χ2v) is 3.62. The first-order valence-electron chi connectivity index (χ1n) is 5.47. The number of carbonyl (C=O) groups is 1. The van der Waals surface area contributed by atoms with E-state index in [1.54, 1.807) is 12.3 Å². The van der Waals surface area contributed by atoms with Gasteiger partial charge in [0.2, 0.25) is 5.91 Å². The van der Waals surface area contributed by atoms with Gasteiger partial charge in [-0.2, -0.15) is 5.26 Å². The Hall–Kier alpha value is -1.76. The molecule has 4 heteroatoms. The molecule has 1 unspecified atom stereocenters. The molecule has 0 saturated heterocycles. The van der Waals surface area contributed by atoms with E-state index in [0.717, 1.165) is 12.2 Å². The molecule has 0 aliphatic heterocycles. The molecule has 0 fully saturated rings. The van der Waals surface area contributed by atoms with Crippen molar-refractivity contribution in [3.8, 4) is 6.07 Å². The SMILES string of the molecule is CCCC(C#N)NC(=O)CCc1ccco1. The van der Waals surface area contributed by atoms with E-state index < -0.39 is 0 Å². The van der Waals surface area contributed by atoms with Gasteiger partial charge in [0.15, 0.2) is 0 Å². The molecule has 1 heterocycles. The van der Waals surface area contributed by atoms with Gasteiger partial charge in [0.1, 0.15) is 11.8 Å². The number of amides is 1. The smallest absolute Gasteiger partial charge is 0.221 e. The number of carbonyl (C=O) groups excluding carboxylic acids is 1. The van der Waals surface area contributed by atoms with Crippen LogP contribution in [0.1, 0.15) is 31.9 Å². The first kappa shape index (κ1) is 12.3. The van der Waals surface area contributed by atoms with Crippen LogP contribution >= 0.6 is 0 Å². The van der Waals surface area contributed by atoms with Crippen molar-refractivity contribution in [2.75, 3.05) is 0 Å². The summed E-state index contributed by atoms with van der Waals surface area (Å²) >= 11 is 0.